The summed E-state index contributed by atoms with van der Waals surface area (Å²) in [4.78, 5) is 15.1. The molecule has 2 fully saturated rings. The van der Waals surface area contributed by atoms with E-state index >= 15 is 0 Å². The second-order valence-corrected chi connectivity index (χ2v) is 10.8. The van der Waals surface area contributed by atoms with Gasteiger partial charge in [0.25, 0.3) is 0 Å². The number of piperidine rings is 2. The summed E-state index contributed by atoms with van der Waals surface area (Å²) >= 11 is 0. The van der Waals surface area contributed by atoms with Crippen molar-refractivity contribution in [1.29, 1.82) is 5.26 Å². The zero-order chi connectivity index (χ0) is 27.4. The van der Waals surface area contributed by atoms with Gasteiger partial charge in [0.2, 0.25) is 0 Å². The average molecular weight is 533 g/mol. The summed E-state index contributed by atoms with van der Waals surface area (Å²) in [6.45, 7) is 0.173. The lowest BCUT2D eigenvalue weighted by Crippen LogP contribution is -2.59. The van der Waals surface area contributed by atoms with E-state index < -0.39 is 23.4 Å². The van der Waals surface area contributed by atoms with Crippen LogP contribution in [0.4, 0.5) is 18.0 Å². The third-order valence-corrected chi connectivity index (χ3v) is 8.48. The second kappa shape index (κ2) is 9.42. The first kappa shape index (κ1) is 25.4. The number of aliphatic hydroxyl groups is 1. The van der Waals surface area contributed by atoms with Crippen molar-refractivity contribution in [1.82, 2.24) is 4.90 Å². The van der Waals surface area contributed by atoms with E-state index in [9.17, 15) is 28.3 Å². The zero-order valence-corrected chi connectivity index (χ0v) is 21.1. The van der Waals surface area contributed by atoms with E-state index in [4.69, 9.17) is 4.74 Å². The smallest absolute Gasteiger partial charge is 0.416 e. The second-order valence-electron chi connectivity index (χ2n) is 10.8. The summed E-state index contributed by atoms with van der Waals surface area (Å²) < 4.78 is 46.4. The fourth-order valence-corrected chi connectivity index (χ4v) is 6.76. The summed E-state index contributed by atoms with van der Waals surface area (Å²) in [6, 6.07) is 20.2. The van der Waals surface area contributed by atoms with Crippen molar-refractivity contribution in [3.63, 3.8) is 0 Å². The normalized spacial score (nSPS) is 24.0. The number of alkyl halides is 3. The number of carbonyl (C=O) groups excluding carboxylic acids is 1. The van der Waals surface area contributed by atoms with Gasteiger partial charge in [-0.3, -0.25) is 0 Å². The van der Waals surface area contributed by atoms with Crippen LogP contribution in [0.1, 0.15) is 65.8 Å². The molecule has 0 spiro atoms. The van der Waals surface area contributed by atoms with Gasteiger partial charge in [0.1, 0.15) is 6.61 Å². The van der Waals surface area contributed by atoms with Gasteiger partial charge in [-0.15, -0.1) is 0 Å². The Kier molecular flexibility index (Phi) is 6.15. The number of amides is 1. The minimum absolute atomic E-state index is 0.0676. The number of benzene rings is 3. The number of carbonyl (C=O) groups is 1. The first-order valence-electron chi connectivity index (χ1n) is 13.2. The molecule has 1 amide bonds. The monoisotopic (exact) mass is 532 g/mol. The molecule has 1 N–H and O–H groups in total. The van der Waals surface area contributed by atoms with Gasteiger partial charge in [-0.2, -0.15) is 18.4 Å². The van der Waals surface area contributed by atoms with Crippen molar-refractivity contribution in [2.45, 2.75) is 61.9 Å². The van der Waals surface area contributed by atoms with E-state index in [0.29, 0.717) is 12.8 Å². The van der Waals surface area contributed by atoms with Crippen LogP contribution in [0.15, 0.2) is 66.7 Å². The number of nitrogens with zero attached hydrogens (tertiary/aromatic N) is 2. The lowest BCUT2D eigenvalue weighted by Gasteiger charge is -2.51. The van der Waals surface area contributed by atoms with E-state index in [0.717, 1.165) is 40.8 Å². The lowest BCUT2D eigenvalue weighted by molar-refractivity contribution is -0.138. The first-order chi connectivity index (χ1) is 18.7. The van der Waals surface area contributed by atoms with Crippen LogP contribution in [0.25, 0.3) is 11.1 Å². The molecule has 3 aromatic rings. The van der Waals surface area contributed by atoms with Crippen LogP contribution in [0.5, 0.6) is 0 Å². The lowest BCUT2D eigenvalue weighted by atomic mass is 9.72. The highest BCUT2D eigenvalue weighted by Gasteiger charge is 2.49. The molecule has 2 aliphatic heterocycles. The molecule has 0 radical (unpaired) electrons. The Balaban J connectivity index is 1.22. The third-order valence-electron chi connectivity index (χ3n) is 8.48. The van der Waals surface area contributed by atoms with Gasteiger partial charge in [0.05, 0.1) is 22.8 Å². The number of hydrogen-bond donors (Lipinski definition) is 1. The highest BCUT2D eigenvalue weighted by Crippen LogP contribution is 2.47. The Hall–Kier alpha value is -3.83. The zero-order valence-electron chi connectivity index (χ0n) is 21.1. The average Bonchev–Trinajstić information content (AvgIpc) is 3.24. The molecule has 5 nitrogen and oxygen atoms in total. The molecule has 3 aliphatic rings. The molecule has 2 saturated heterocycles. The van der Waals surface area contributed by atoms with Gasteiger partial charge in [0.15, 0.2) is 0 Å². The molecule has 8 heteroatoms. The first-order valence-corrected chi connectivity index (χ1v) is 13.2. The number of nitriles is 1. The predicted molar refractivity (Wildman–Crippen MR) is 138 cm³/mol. The maximum Gasteiger partial charge on any atom is 0.416 e. The summed E-state index contributed by atoms with van der Waals surface area (Å²) in [5.41, 5.74) is 1.85. The maximum atomic E-state index is 13.5. The number of halogens is 3. The Morgan fingerprint density at radius 1 is 1.00 bits per heavy atom. The molecule has 0 saturated carbocycles. The van der Waals surface area contributed by atoms with Gasteiger partial charge < -0.3 is 14.7 Å². The molecule has 2 heterocycles. The minimum atomic E-state index is -4.64. The highest BCUT2D eigenvalue weighted by atomic mass is 19.4. The largest absolute Gasteiger partial charge is 0.448 e. The van der Waals surface area contributed by atoms with Crippen LogP contribution in [-0.2, 0) is 16.5 Å². The summed E-state index contributed by atoms with van der Waals surface area (Å²) in [5, 5.41) is 20.9. The van der Waals surface area contributed by atoms with Crippen molar-refractivity contribution in [3.8, 4) is 17.2 Å². The number of hydrogen-bond acceptors (Lipinski definition) is 4. The van der Waals surface area contributed by atoms with E-state index in [1.54, 1.807) is 11.0 Å². The van der Waals surface area contributed by atoms with Crippen LogP contribution in [0.2, 0.25) is 0 Å². The van der Waals surface area contributed by atoms with Gasteiger partial charge >= 0.3 is 12.3 Å². The van der Waals surface area contributed by atoms with Gasteiger partial charge in [-0.25, -0.2) is 4.79 Å². The quantitative estimate of drug-likeness (QED) is 0.406. The topological polar surface area (TPSA) is 73.6 Å². The van der Waals surface area contributed by atoms with Crippen molar-refractivity contribution in [2.75, 3.05) is 6.61 Å². The summed E-state index contributed by atoms with van der Waals surface area (Å²) in [5.74, 6) is -0.0857. The van der Waals surface area contributed by atoms with E-state index in [-0.39, 0.29) is 48.6 Å². The number of ether oxygens (including phenoxy) is 1. The van der Waals surface area contributed by atoms with Gasteiger partial charge in [-0.1, -0.05) is 48.5 Å². The Morgan fingerprint density at radius 2 is 1.59 bits per heavy atom. The van der Waals surface area contributed by atoms with Crippen LogP contribution >= 0.6 is 0 Å². The maximum absolute atomic E-state index is 13.5. The molecule has 200 valence electrons. The van der Waals surface area contributed by atoms with Crippen molar-refractivity contribution >= 4 is 6.09 Å². The fraction of sp³-hybridized carbons (Fsp3) is 0.355. The molecular formula is C31H27F3N2O3. The Labute approximate surface area is 224 Å². The molecule has 6 rings (SSSR count). The van der Waals surface area contributed by atoms with E-state index in [1.165, 1.54) is 6.07 Å². The molecular weight excluding hydrogens is 505 g/mol. The Bertz CT molecular complexity index is 1420. The molecule has 0 aromatic heterocycles. The molecule has 2 atom stereocenters. The summed E-state index contributed by atoms with van der Waals surface area (Å²) in [7, 11) is 0. The molecule has 3 aromatic carbocycles. The number of fused-ring (bicyclic) bond motifs is 5. The van der Waals surface area contributed by atoms with Crippen molar-refractivity contribution < 1.29 is 27.8 Å². The molecule has 2 bridgehead atoms. The summed E-state index contributed by atoms with van der Waals surface area (Å²) in [6.07, 6.45) is -2.85. The molecule has 39 heavy (non-hydrogen) atoms. The standard InChI is InChI=1S/C31H27F3N2O3/c32-31(33,34)21-13-19(17-35)12-20(14-21)30(38)15-22-6-5-7-23(16-30)36(22)29(37)39-18-28-26-10-3-1-8-24(26)25-9-2-4-11-27(25)28/h1-4,8-14,22-23,28,38H,5-7,15-16,18H2. The van der Waals surface area contributed by atoms with E-state index in [2.05, 4.69) is 12.1 Å². The van der Waals surface area contributed by atoms with E-state index in [1.807, 2.05) is 36.4 Å². The van der Waals surface area contributed by atoms with Crippen LogP contribution in [0, 0.1) is 11.3 Å². The van der Waals surface area contributed by atoms with Crippen LogP contribution < -0.4 is 0 Å². The van der Waals surface area contributed by atoms with Crippen LogP contribution in [-0.4, -0.2) is 34.8 Å². The van der Waals surface area contributed by atoms with Gasteiger partial charge in [-0.05, 0) is 65.3 Å². The Morgan fingerprint density at radius 3 is 2.15 bits per heavy atom. The van der Waals surface area contributed by atoms with Crippen LogP contribution in [0.3, 0.4) is 0 Å². The molecule has 1 aliphatic carbocycles. The van der Waals surface area contributed by atoms with Crippen molar-refractivity contribution in [3.05, 3.63) is 94.5 Å². The third kappa shape index (κ3) is 4.45. The SMILES string of the molecule is N#Cc1cc(C(F)(F)F)cc(C2(O)CC3CCCC(C2)N3C(=O)OCC2c3ccccc3-c3ccccc32)c1. The number of rotatable bonds is 3. The minimum Gasteiger partial charge on any atom is -0.448 e. The van der Waals surface area contributed by atoms with Gasteiger partial charge in [0, 0.05) is 30.8 Å². The van der Waals surface area contributed by atoms with Crippen molar-refractivity contribution in [2.24, 2.45) is 0 Å². The predicted octanol–water partition coefficient (Wildman–Crippen LogP) is 6.73. The fourth-order valence-electron chi connectivity index (χ4n) is 6.76. The molecule has 2 unspecified atom stereocenters. The highest BCUT2D eigenvalue weighted by molar-refractivity contribution is 5.79.